The van der Waals surface area contributed by atoms with E-state index >= 15 is 0 Å². The van der Waals surface area contributed by atoms with Gasteiger partial charge >= 0.3 is 0 Å². The summed E-state index contributed by atoms with van der Waals surface area (Å²) in [5.41, 5.74) is 0. The molecule has 0 aliphatic heterocycles. The molecule has 0 aromatic carbocycles. The van der Waals surface area contributed by atoms with E-state index in [9.17, 15) is 8.78 Å². The molecule has 0 aromatic rings. The van der Waals surface area contributed by atoms with Crippen LogP contribution in [0.5, 0.6) is 0 Å². The zero-order chi connectivity index (χ0) is 8.27. The lowest BCUT2D eigenvalue weighted by molar-refractivity contribution is 0.398. The van der Waals surface area contributed by atoms with Crippen LogP contribution < -0.4 is 0 Å². The third kappa shape index (κ3) is 3.00. The molecule has 1 atom stereocenters. The van der Waals surface area contributed by atoms with Crippen LogP contribution >= 0.6 is 0 Å². The highest BCUT2D eigenvalue weighted by molar-refractivity contribution is 4.89. The maximum absolute atomic E-state index is 11.7. The maximum Gasteiger partial charge on any atom is 0.266 e. The van der Waals surface area contributed by atoms with E-state index in [0.29, 0.717) is 12.3 Å². The molecule has 11 heavy (non-hydrogen) atoms. The van der Waals surface area contributed by atoms with Crippen molar-refractivity contribution in [3.05, 3.63) is 12.2 Å². The molecule has 0 amide bonds. The van der Waals surface area contributed by atoms with Crippen LogP contribution in [-0.2, 0) is 0 Å². The van der Waals surface area contributed by atoms with Gasteiger partial charge in [-0.2, -0.15) is 8.78 Å². The third-order valence-corrected chi connectivity index (χ3v) is 2.39. The first-order chi connectivity index (χ1) is 5.24. The Morgan fingerprint density at radius 3 is 2.55 bits per heavy atom. The Labute approximate surface area is 66.3 Å². The lowest BCUT2D eigenvalue weighted by Gasteiger charge is -2.09. The number of hydrogen-bond donors (Lipinski definition) is 0. The van der Waals surface area contributed by atoms with Crippen LogP contribution in [0, 0.1) is 11.8 Å². The first-order valence-electron chi connectivity index (χ1n) is 4.25. The van der Waals surface area contributed by atoms with Gasteiger partial charge in [-0.05, 0) is 37.2 Å². The van der Waals surface area contributed by atoms with Gasteiger partial charge in [-0.1, -0.05) is 13.3 Å². The van der Waals surface area contributed by atoms with E-state index in [1.54, 1.807) is 0 Å². The van der Waals surface area contributed by atoms with Gasteiger partial charge in [0.25, 0.3) is 6.08 Å². The Hall–Kier alpha value is -0.400. The zero-order valence-electron chi connectivity index (χ0n) is 6.82. The van der Waals surface area contributed by atoms with E-state index in [1.807, 2.05) is 0 Å². The second-order valence-corrected chi connectivity index (χ2v) is 3.24. The number of rotatable bonds is 4. The molecule has 0 spiro atoms. The predicted molar refractivity (Wildman–Crippen MR) is 41.4 cm³/mol. The Morgan fingerprint density at radius 2 is 2.18 bits per heavy atom. The molecule has 0 bridgehead atoms. The van der Waals surface area contributed by atoms with Crippen LogP contribution in [0.1, 0.15) is 32.6 Å². The number of halogens is 2. The monoisotopic (exact) mass is 160 g/mol. The normalized spacial score (nSPS) is 19.5. The molecule has 2 heteroatoms. The van der Waals surface area contributed by atoms with Crippen LogP contribution in [0.25, 0.3) is 0 Å². The molecule has 1 aliphatic carbocycles. The van der Waals surface area contributed by atoms with Crippen molar-refractivity contribution >= 4 is 0 Å². The highest BCUT2D eigenvalue weighted by Crippen LogP contribution is 2.40. The van der Waals surface area contributed by atoms with E-state index < -0.39 is 6.08 Å². The van der Waals surface area contributed by atoms with Crippen LogP contribution in [-0.4, -0.2) is 0 Å². The topological polar surface area (TPSA) is 0 Å². The molecule has 0 radical (unpaired) electrons. The summed E-state index contributed by atoms with van der Waals surface area (Å²) in [6.07, 6.45) is 3.65. The summed E-state index contributed by atoms with van der Waals surface area (Å²) in [5.74, 6) is 1.26. The maximum atomic E-state index is 11.7. The summed E-state index contributed by atoms with van der Waals surface area (Å²) in [7, 11) is 0. The number of allylic oxidation sites excluding steroid dienone is 1. The molecule has 0 saturated heterocycles. The lowest BCUT2D eigenvalue weighted by Crippen LogP contribution is -1.98. The van der Waals surface area contributed by atoms with Gasteiger partial charge in [0.05, 0.1) is 0 Å². The van der Waals surface area contributed by atoms with Gasteiger partial charge in [-0.15, -0.1) is 0 Å². The van der Waals surface area contributed by atoms with Crippen LogP contribution in [0.4, 0.5) is 8.78 Å². The standard InChI is InChI=1S/C9H14F2/c1-2-7(8-3-4-8)5-6-9(10)11/h6-8H,2-5H2,1H3. The lowest BCUT2D eigenvalue weighted by atomic mass is 9.97. The van der Waals surface area contributed by atoms with Crippen molar-refractivity contribution in [3.8, 4) is 0 Å². The Kier molecular flexibility index (Phi) is 3.03. The van der Waals surface area contributed by atoms with Gasteiger partial charge in [0, 0.05) is 0 Å². The molecular formula is C9H14F2. The molecule has 0 heterocycles. The Balaban J connectivity index is 2.25. The number of hydrogen-bond acceptors (Lipinski definition) is 0. The summed E-state index contributed by atoms with van der Waals surface area (Å²) in [4.78, 5) is 0. The van der Waals surface area contributed by atoms with E-state index in [2.05, 4.69) is 6.92 Å². The second-order valence-electron chi connectivity index (χ2n) is 3.24. The van der Waals surface area contributed by atoms with E-state index in [-0.39, 0.29) is 0 Å². The van der Waals surface area contributed by atoms with E-state index in [0.717, 1.165) is 18.4 Å². The molecule has 0 nitrogen and oxygen atoms in total. The molecule has 1 fully saturated rings. The van der Waals surface area contributed by atoms with Crippen molar-refractivity contribution in [2.24, 2.45) is 11.8 Å². The fraction of sp³-hybridized carbons (Fsp3) is 0.778. The minimum absolute atomic E-state index is 0.511. The third-order valence-electron chi connectivity index (χ3n) is 2.39. The molecule has 1 saturated carbocycles. The summed E-state index contributed by atoms with van der Waals surface area (Å²) in [6, 6.07) is 0. The minimum atomic E-state index is -1.52. The van der Waals surface area contributed by atoms with Crippen molar-refractivity contribution in [2.45, 2.75) is 32.6 Å². The molecule has 1 unspecified atom stereocenters. The van der Waals surface area contributed by atoms with Gasteiger partial charge in [-0.3, -0.25) is 0 Å². The smallest absolute Gasteiger partial charge is 0.174 e. The van der Waals surface area contributed by atoms with Gasteiger partial charge in [0.2, 0.25) is 0 Å². The first-order valence-corrected chi connectivity index (χ1v) is 4.25. The van der Waals surface area contributed by atoms with Gasteiger partial charge in [0.15, 0.2) is 0 Å². The molecule has 64 valence electrons. The second kappa shape index (κ2) is 3.84. The van der Waals surface area contributed by atoms with Crippen LogP contribution in [0.15, 0.2) is 12.2 Å². The largest absolute Gasteiger partial charge is 0.266 e. The average Bonchev–Trinajstić information content (AvgIpc) is 2.72. The fourth-order valence-corrected chi connectivity index (χ4v) is 1.50. The average molecular weight is 160 g/mol. The van der Waals surface area contributed by atoms with Crippen molar-refractivity contribution in [1.82, 2.24) is 0 Å². The SMILES string of the molecule is CCC(CC=C(F)F)C1CC1. The molecule has 1 aliphatic rings. The van der Waals surface area contributed by atoms with E-state index in [1.165, 1.54) is 12.8 Å². The fourth-order valence-electron chi connectivity index (χ4n) is 1.50. The summed E-state index contributed by atoms with van der Waals surface area (Å²) >= 11 is 0. The van der Waals surface area contributed by atoms with Crippen LogP contribution in [0.3, 0.4) is 0 Å². The Bertz CT molecular complexity index is 144. The zero-order valence-corrected chi connectivity index (χ0v) is 6.82. The predicted octanol–water partition coefficient (Wildman–Crippen LogP) is 3.59. The first kappa shape index (κ1) is 8.69. The Morgan fingerprint density at radius 1 is 1.55 bits per heavy atom. The molecule has 0 N–H and O–H groups in total. The summed E-state index contributed by atoms with van der Waals surface area (Å²) in [5, 5.41) is 0. The van der Waals surface area contributed by atoms with Gasteiger partial charge < -0.3 is 0 Å². The van der Waals surface area contributed by atoms with Gasteiger partial charge in [0.1, 0.15) is 0 Å². The highest BCUT2D eigenvalue weighted by Gasteiger charge is 2.28. The van der Waals surface area contributed by atoms with Crippen molar-refractivity contribution < 1.29 is 8.78 Å². The van der Waals surface area contributed by atoms with Gasteiger partial charge in [-0.25, -0.2) is 0 Å². The molecular weight excluding hydrogens is 146 g/mol. The highest BCUT2D eigenvalue weighted by atomic mass is 19.3. The molecule has 1 rings (SSSR count). The quantitative estimate of drug-likeness (QED) is 0.589. The van der Waals surface area contributed by atoms with Crippen molar-refractivity contribution in [1.29, 1.82) is 0 Å². The summed E-state index contributed by atoms with van der Waals surface area (Å²) in [6.45, 7) is 2.08. The van der Waals surface area contributed by atoms with Crippen LogP contribution in [0.2, 0.25) is 0 Å². The van der Waals surface area contributed by atoms with Crippen molar-refractivity contribution in [2.75, 3.05) is 0 Å². The minimum Gasteiger partial charge on any atom is -0.174 e. The molecule has 0 aromatic heterocycles. The van der Waals surface area contributed by atoms with Crippen molar-refractivity contribution in [3.63, 3.8) is 0 Å². The summed E-state index contributed by atoms with van der Waals surface area (Å²) < 4.78 is 23.4. The van der Waals surface area contributed by atoms with E-state index in [4.69, 9.17) is 0 Å².